The van der Waals surface area contributed by atoms with E-state index in [4.69, 9.17) is 15.7 Å². The first-order valence-electron chi connectivity index (χ1n) is 12.6. The van der Waals surface area contributed by atoms with Crippen molar-refractivity contribution in [1.82, 2.24) is 15.3 Å². The topological polar surface area (TPSA) is 102 Å². The van der Waals surface area contributed by atoms with E-state index in [-0.39, 0.29) is 24.8 Å². The minimum atomic E-state index is -4.54. The highest BCUT2D eigenvalue weighted by Crippen LogP contribution is 2.34. The molecular formula is C29H24F3N5O4. The summed E-state index contributed by atoms with van der Waals surface area (Å²) in [6.45, 7) is 12.9. The highest BCUT2D eigenvalue weighted by atomic mass is 19.4. The smallest absolute Gasteiger partial charge is 0.417 e. The standard InChI is InChI=1S/C29H24F3N5O4/c1-16(2)21-11-20(33-4)12-22-24(21)40-26(36-22)18-7-5-17(6-8-18)25(38)35-14-28(3)15-37(27(39)41-28)23-10-9-19(13-34-23)29(30,31)32/h5-13,16H,14-15H2,1-3H3,(H,35,38). The molecule has 1 fully saturated rings. The van der Waals surface area contributed by atoms with Crippen LogP contribution in [0.3, 0.4) is 0 Å². The van der Waals surface area contributed by atoms with Crippen molar-refractivity contribution in [3.05, 3.63) is 82.8 Å². The number of benzene rings is 2. The third kappa shape index (κ3) is 5.56. The number of carbonyl (C=O) groups excluding carboxylic acids is 2. The number of ether oxygens (including phenoxy) is 1. The van der Waals surface area contributed by atoms with E-state index in [1.165, 1.54) is 0 Å². The minimum Gasteiger partial charge on any atom is -0.439 e. The van der Waals surface area contributed by atoms with E-state index >= 15 is 0 Å². The Morgan fingerprint density at radius 1 is 1.20 bits per heavy atom. The molecule has 0 radical (unpaired) electrons. The van der Waals surface area contributed by atoms with E-state index in [1.807, 2.05) is 13.8 Å². The number of rotatable bonds is 6. The summed E-state index contributed by atoms with van der Waals surface area (Å²) in [5.41, 5.74) is 1.49. The van der Waals surface area contributed by atoms with Crippen LogP contribution in [0.15, 0.2) is 59.1 Å². The summed E-state index contributed by atoms with van der Waals surface area (Å²) in [5, 5.41) is 2.74. The highest BCUT2D eigenvalue weighted by Gasteiger charge is 2.43. The SMILES string of the molecule is [C-]#[N+]c1cc(C(C)C)c2oc(-c3ccc(C(=O)NCC4(C)CN(c5ccc(C(F)(F)F)cn5)C(=O)O4)cc3)nc2c1. The zero-order valence-electron chi connectivity index (χ0n) is 22.2. The third-order valence-corrected chi connectivity index (χ3v) is 6.67. The van der Waals surface area contributed by atoms with Crippen LogP contribution in [-0.4, -0.2) is 40.7 Å². The predicted molar refractivity (Wildman–Crippen MR) is 144 cm³/mol. The summed E-state index contributed by atoms with van der Waals surface area (Å²) >= 11 is 0. The molecule has 5 rings (SSSR count). The number of oxazole rings is 1. The van der Waals surface area contributed by atoms with Crippen LogP contribution in [0.2, 0.25) is 0 Å². The Kier molecular flexibility index (Phi) is 6.90. The molecule has 1 unspecified atom stereocenters. The van der Waals surface area contributed by atoms with Gasteiger partial charge in [0.05, 0.1) is 30.7 Å². The van der Waals surface area contributed by atoms with E-state index in [1.54, 1.807) is 43.3 Å². The lowest BCUT2D eigenvalue weighted by atomic mass is 10.0. The average molecular weight is 564 g/mol. The van der Waals surface area contributed by atoms with Crippen LogP contribution in [-0.2, 0) is 10.9 Å². The number of alkyl halides is 3. The van der Waals surface area contributed by atoms with E-state index in [0.29, 0.717) is 40.0 Å². The number of aromatic nitrogens is 2. The second-order valence-corrected chi connectivity index (χ2v) is 10.2. The number of fused-ring (bicyclic) bond motifs is 1. The first-order chi connectivity index (χ1) is 19.4. The number of pyridine rings is 1. The Bertz CT molecular complexity index is 1670. The molecule has 0 spiro atoms. The molecule has 2 amide bonds. The number of halogens is 3. The second kappa shape index (κ2) is 10.2. The summed E-state index contributed by atoms with van der Waals surface area (Å²) in [5.74, 6) is 0.0867. The Morgan fingerprint density at radius 3 is 2.54 bits per heavy atom. The van der Waals surface area contributed by atoms with Gasteiger partial charge in [-0.05, 0) is 66.9 Å². The Hall–Kier alpha value is -4.92. The summed E-state index contributed by atoms with van der Waals surface area (Å²) in [6.07, 6.45) is -4.67. The van der Waals surface area contributed by atoms with Gasteiger partial charge in [-0.2, -0.15) is 13.2 Å². The van der Waals surface area contributed by atoms with Crippen molar-refractivity contribution < 1.29 is 31.9 Å². The van der Waals surface area contributed by atoms with Gasteiger partial charge in [0.15, 0.2) is 11.3 Å². The van der Waals surface area contributed by atoms with Gasteiger partial charge in [0.25, 0.3) is 5.91 Å². The van der Waals surface area contributed by atoms with Gasteiger partial charge in [0, 0.05) is 17.3 Å². The summed E-state index contributed by atoms with van der Waals surface area (Å²) in [4.78, 5) is 38.2. The molecule has 1 N–H and O–H groups in total. The van der Waals surface area contributed by atoms with E-state index in [2.05, 4.69) is 20.1 Å². The number of nitrogens with one attached hydrogen (secondary N) is 1. The molecule has 0 saturated carbocycles. The largest absolute Gasteiger partial charge is 0.439 e. The molecule has 1 saturated heterocycles. The Morgan fingerprint density at radius 2 is 1.93 bits per heavy atom. The molecule has 3 heterocycles. The molecule has 0 aliphatic carbocycles. The maximum absolute atomic E-state index is 12.8. The maximum Gasteiger partial charge on any atom is 0.417 e. The van der Waals surface area contributed by atoms with Gasteiger partial charge in [-0.1, -0.05) is 13.8 Å². The van der Waals surface area contributed by atoms with Gasteiger partial charge in [-0.15, -0.1) is 0 Å². The van der Waals surface area contributed by atoms with Crippen molar-refractivity contribution >= 4 is 34.6 Å². The third-order valence-electron chi connectivity index (χ3n) is 6.67. The molecular weight excluding hydrogens is 539 g/mol. The predicted octanol–water partition coefficient (Wildman–Crippen LogP) is 6.73. The molecule has 1 aliphatic heterocycles. The van der Waals surface area contributed by atoms with Crippen molar-refractivity contribution in [2.75, 3.05) is 18.0 Å². The quantitative estimate of drug-likeness (QED) is 0.261. The van der Waals surface area contributed by atoms with Gasteiger partial charge < -0.3 is 14.5 Å². The van der Waals surface area contributed by atoms with Crippen molar-refractivity contribution in [2.45, 2.75) is 38.5 Å². The molecule has 210 valence electrons. The first-order valence-corrected chi connectivity index (χ1v) is 12.6. The maximum atomic E-state index is 12.8. The fourth-order valence-electron chi connectivity index (χ4n) is 4.47. The number of amides is 2. The van der Waals surface area contributed by atoms with Crippen molar-refractivity contribution in [3.63, 3.8) is 0 Å². The number of nitrogens with zero attached hydrogens (tertiary/aromatic N) is 4. The van der Waals surface area contributed by atoms with Gasteiger partial charge >= 0.3 is 12.3 Å². The van der Waals surface area contributed by atoms with Crippen LogP contribution in [0.1, 0.15) is 48.2 Å². The number of hydrogen-bond acceptors (Lipinski definition) is 6. The number of carbonyl (C=O) groups is 2. The first kappa shape index (κ1) is 27.6. The number of cyclic esters (lactones) is 1. The molecule has 1 aliphatic rings. The van der Waals surface area contributed by atoms with Crippen LogP contribution in [0.5, 0.6) is 0 Å². The van der Waals surface area contributed by atoms with Crippen molar-refractivity contribution in [2.24, 2.45) is 0 Å². The molecule has 2 aromatic heterocycles. The van der Waals surface area contributed by atoms with Gasteiger partial charge in [-0.3, -0.25) is 9.69 Å². The summed E-state index contributed by atoms with van der Waals surface area (Å²) in [7, 11) is 0. The van der Waals surface area contributed by atoms with E-state index < -0.39 is 29.3 Å². The van der Waals surface area contributed by atoms with Crippen LogP contribution in [0, 0.1) is 6.57 Å². The molecule has 0 bridgehead atoms. The average Bonchev–Trinajstić information content (AvgIpc) is 3.51. The lowest BCUT2D eigenvalue weighted by Crippen LogP contribution is -2.43. The van der Waals surface area contributed by atoms with E-state index in [0.717, 1.165) is 22.6 Å². The molecule has 12 heteroatoms. The Labute approximate surface area is 232 Å². The van der Waals surface area contributed by atoms with Gasteiger partial charge in [0.2, 0.25) is 5.89 Å². The molecule has 4 aromatic rings. The van der Waals surface area contributed by atoms with Crippen molar-refractivity contribution in [1.29, 1.82) is 0 Å². The normalized spacial score (nSPS) is 17.1. The second-order valence-electron chi connectivity index (χ2n) is 10.2. The monoisotopic (exact) mass is 563 g/mol. The van der Waals surface area contributed by atoms with Gasteiger partial charge in [0.1, 0.15) is 11.4 Å². The lowest BCUT2D eigenvalue weighted by molar-refractivity contribution is -0.137. The zero-order chi connectivity index (χ0) is 29.5. The Balaban J connectivity index is 1.25. The van der Waals surface area contributed by atoms with E-state index in [9.17, 15) is 22.8 Å². The molecule has 2 aromatic carbocycles. The summed E-state index contributed by atoms with van der Waals surface area (Å²) in [6, 6.07) is 12.0. The van der Waals surface area contributed by atoms with Crippen LogP contribution in [0.25, 0.3) is 27.4 Å². The molecule has 41 heavy (non-hydrogen) atoms. The van der Waals surface area contributed by atoms with Gasteiger partial charge in [-0.25, -0.2) is 19.6 Å². The molecule has 1 atom stereocenters. The molecule has 9 nitrogen and oxygen atoms in total. The fraction of sp³-hybridized carbons (Fsp3) is 0.276. The van der Waals surface area contributed by atoms with Crippen LogP contribution < -0.4 is 10.2 Å². The van der Waals surface area contributed by atoms with Crippen LogP contribution in [0.4, 0.5) is 29.5 Å². The fourth-order valence-corrected chi connectivity index (χ4v) is 4.47. The zero-order valence-corrected chi connectivity index (χ0v) is 22.2. The number of hydrogen-bond donors (Lipinski definition) is 1. The summed E-state index contributed by atoms with van der Waals surface area (Å²) < 4.78 is 49.9. The lowest BCUT2D eigenvalue weighted by Gasteiger charge is -2.22. The highest BCUT2D eigenvalue weighted by molar-refractivity contribution is 5.95. The van der Waals surface area contributed by atoms with Crippen molar-refractivity contribution in [3.8, 4) is 11.5 Å². The number of anilines is 1. The minimum absolute atomic E-state index is 0.0127. The van der Waals surface area contributed by atoms with Crippen LogP contribution >= 0.6 is 0 Å².